The van der Waals surface area contributed by atoms with E-state index in [1.165, 1.54) is 57.9 Å². The highest BCUT2D eigenvalue weighted by molar-refractivity contribution is 5.78. The van der Waals surface area contributed by atoms with Gasteiger partial charge in [-0.2, -0.15) is 0 Å². The molecule has 0 radical (unpaired) electrons. The molecule has 126 valence electrons. The van der Waals surface area contributed by atoms with Gasteiger partial charge in [0.1, 0.15) is 0 Å². The quantitative estimate of drug-likeness (QED) is 0.846. The molecule has 0 bridgehead atoms. The maximum atomic E-state index is 12.1. The van der Waals surface area contributed by atoms with Gasteiger partial charge < -0.3 is 5.32 Å². The van der Waals surface area contributed by atoms with E-state index in [1.54, 1.807) is 0 Å². The highest BCUT2D eigenvalue weighted by Crippen LogP contribution is 2.24. The van der Waals surface area contributed by atoms with E-state index in [-0.39, 0.29) is 5.91 Å². The molecule has 1 N–H and O–H groups in total. The summed E-state index contributed by atoms with van der Waals surface area (Å²) in [5.41, 5.74) is 0. The number of amides is 1. The van der Waals surface area contributed by atoms with Gasteiger partial charge in [-0.15, -0.1) is 0 Å². The fourth-order valence-electron chi connectivity index (χ4n) is 4.45. The predicted molar refractivity (Wildman–Crippen MR) is 89.8 cm³/mol. The van der Waals surface area contributed by atoms with Gasteiger partial charge in [0.15, 0.2) is 0 Å². The number of carbonyl (C=O) groups excluding carboxylic acids is 1. The van der Waals surface area contributed by atoms with Crippen LogP contribution in [0.25, 0.3) is 0 Å². The topological polar surface area (TPSA) is 35.6 Å². The summed E-state index contributed by atoms with van der Waals surface area (Å²) in [5, 5.41) is 3.16. The molecule has 1 unspecified atom stereocenters. The lowest BCUT2D eigenvalue weighted by Crippen LogP contribution is -2.63. The Morgan fingerprint density at radius 2 is 1.77 bits per heavy atom. The van der Waals surface area contributed by atoms with Gasteiger partial charge in [-0.1, -0.05) is 25.7 Å². The third kappa shape index (κ3) is 4.23. The molecule has 1 saturated carbocycles. The molecule has 3 fully saturated rings. The summed E-state index contributed by atoms with van der Waals surface area (Å²) in [5.74, 6) is 0.965. The number of hydrogen-bond acceptors (Lipinski definition) is 3. The van der Waals surface area contributed by atoms with Crippen LogP contribution in [0.2, 0.25) is 0 Å². The van der Waals surface area contributed by atoms with Gasteiger partial charge in [-0.3, -0.25) is 14.6 Å². The molecule has 4 nitrogen and oxygen atoms in total. The van der Waals surface area contributed by atoms with Crippen LogP contribution in [-0.2, 0) is 4.79 Å². The molecule has 0 aromatic rings. The van der Waals surface area contributed by atoms with Gasteiger partial charge in [0.2, 0.25) is 5.91 Å². The first-order chi connectivity index (χ1) is 10.7. The second-order valence-corrected chi connectivity index (χ2v) is 7.74. The van der Waals surface area contributed by atoms with Crippen molar-refractivity contribution in [2.75, 3.05) is 32.7 Å². The maximum absolute atomic E-state index is 12.1. The monoisotopic (exact) mass is 307 g/mol. The van der Waals surface area contributed by atoms with Gasteiger partial charge in [0, 0.05) is 31.7 Å². The molecule has 0 aromatic heterocycles. The van der Waals surface area contributed by atoms with Crippen LogP contribution in [0.3, 0.4) is 0 Å². The Hall–Kier alpha value is -0.610. The SMILES string of the molecule is CC1CCCCN1C1CN(CC(=O)NCC2CCCCC2)C1. The van der Waals surface area contributed by atoms with Crippen LogP contribution in [0.1, 0.15) is 58.3 Å². The van der Waals surface area contributed by atoms with Crippen molar-refractivity contribution in [3.63, 3.8) is 0 Å². The second-order valence-electron chi connectivity index (χ2n) is 7.74. The number of hydrogen-bond donors (Lipinski definition) is 1. The molecule has 3 aliphatic rings. The number of likely N-dealkylation sites (tertiary alicyclic amines) is 2. The van der Waals surface area contributed by atoms with Crippen molar-refractivity contribution in [3.8, 4) is 0 Å². The first-order valence-corrected chi connectivity index (χ1v) is 9.47. The Morgan fingerprint density at radius 3 is 2.50 bits per heavy atom. The van der Waals surface area contributed by atoms with Crippen LogP contribution in [-0.4, -0.2) is 60.5 Å². The number of nitrogens with one attached hydrogen (secondary N) is 1. The summed E-state index contributed by atoms with van der Waals surface area (Å²) in [6.45, 7) is 7.29. The molecular weight excluding hydrogens is 274 g/mol. The minimum atomic E-state index is 0.232. The van der Waals surface area contributed by atoms with E-state index in [0.717, 1.165) is 31.6 Å². The number of rotatable bonds is 5. The summed E-state index contributed by atoms with van der Waals surface area (Å²) in [6, 6.07) is 1.43. The molecule has 3 rings (SSSR count). The van der Waals surface area contributed by atoms with Crippen molar-refractivity contribution in [2.24, 2.45) is 5.92 Å². The zero-order valence-corrected chi connectivity index (χ0v) is 14.2. The summed E-state index contributed by atoms with van der Waals surface area (Å²) in [4.78, 5) is 17.0. The lowest BCUT2D eigenvalue weighted by molar-refractivity contribution is -0.124. The number of nitrogens with zero attached hydrogens (tertiary/aromatic N) is 2. The van der Waals surface area contributed by atoms with Crippen LogP contribution in [0.4, 0.5) is 0 Å². The smallest absolute Gasteiger partial charge is 0.234 e. The van der Waals surface area contributed by atoms with Crippen molar-refractivity contribution < 1.29 is 4.79 Å². The molecular formula is C18H33N3O. The van der Waals surface area contributed by atoms with Crippen molar-refractivity contribution >= 4 is 5.91 Å². The Morgan fingerprint density at radius 1 is 1.05 bits per heavy atom. The van der Waals surface area contributed by atoms with Crippen LogP contribution in [0.5, 0.6) is 0 Å². The zero-order chi connectivity index (χ0) is 15.4. The van der Waals surface area contributed by atoms with Crippen molar-refractivity contribution in [1.82, 2.24) is 15.1 Å². The first kappa shape index (κ1) is 16.3. The largest absolute Gasteiger partial charge is 0.355 e. The van der Waals surface area contributed by atoms with E-state index in [1.807, 2.05) is 0 Å². The van der Waals surface area contributed by atoms with E-state index in [0.29, 0.717) is 12.6 Å². The van der Waals surface area contributed by atoms with Gasteiger partial charge in [-0.25, -0.2) is 0 Å². The third-order valence-electron chi connectivity index (χ3n) is 5.94. The molecule has 4 heteroatoms. The van der Waals surface area contributed by atoms with Crippen LogP contribution < -0.4 is 5.32 Å². The Kier molecular flexibility index (Phi) is 5.75. The van der Waals surface area contributed by atoms with E-state index >= 15 is 0 Å². The molecule has 0 aromatic carbocycles. The van der Waals surface area contributed by atoms with E-state index in [9.17, 15) is 4.79 Å². The molecule has 1 atom stereocenters. The van der Waals surface area contributed by atoms with Crippen LogP contribution in [0, 0.1) is 5.92 Å². The second kappa shape index (κ2) is 7.78. The van der Waals surface area contributed by atoms with Gasteiger partial charge in [0.25, 0.3) is 0 Å². The standard InChI is InChI=1S/C18H33N3O/c1-15-7-5-6-10-21(15)17-12-20(13-17)14-18(22)19-11-16-8-3-2-4-9-16/h15-17H,2-14H2,1H3,(H,19,22). The average Bonchev–Trinajstić information content (AvgIpc) is 2.50. The highest BCUT2D eigenvalue weighted by atomic mass is 16.2. The molecule has 0 spiro atoms. The Bertz CT molecular complexity index is 361. The van der Waals surface area contributed by atoms with Crippen LogP contribution in [0.15, 0.2) is 0 Å². The predicted octanol–water partition coefficient (Wildman–Crippen LogP) is 2.24. The van der Waals surface area contributed by atoms with Crippen molar-refractivity contribution in [3.05, 3.63) is 0 Å². The lowest BCUT2D eigenvalue weighted by Gasteiger charge is -2.49. The summed E-state index contributed by atoms with van der Waals surface area (Å²) in [6.07, 6.45) is 10.8. The van der Waals surface area contributed by atoms with Gasteiger partial charge in [-0.05, 0) is 45.1 Å². The van der Waals surface area contributed by atoms with E-state index < -0.39 is 0 Å². The van der Waals surface area contributed by atoms with Crippen molar-refractivity contribution in [2.45, 2.75) is 70.4 Å². The summed E-state index contributed by atoms with van der Waals surface area (Å²) < 4.78 is 0. The zero-order valence-electron chi connectivity index (χ0n) is 14.2. The third-order valence-corrected chi connectivity index (χ3v) is 5.94. The maximum Gasteiger partial charge on any atom is 0.234 e. The molecule has 2 saturated heterocycles. The Labute approximate surface area is 135 Å². The fourth-order valence-corrected chi connectivity index (χ4v) is 4.45. The lowest BCUT2D eigenvalue weighted by atomic mass is 9.89. The minimum Gasteiger partial charge on any atom is -0.355 e. The molecule has 2 aliphatic heterocycles. The Balaban J connectivity index is 1.30. The molecule has 1 amide bonds. The number of piperidine rings is 1. The van der Waals surface area contributed by atoms with Gasteiger partial charge in [0.05, 0.1) is 6.54 Å². The molecule has 1 aliphatic carbocycles. The summed E-state index contributed by atoms with van der Waals surface area (Å²) in [7, 11) is 0. The van der Waals surface area contributed by atoms with E-state index in [4.69, 9.17) is 0 Å². The highest BCUT2D eigenvalue weighted by Gasteiger charge is 2.35. The normalized spacial score (nSPS) is 29.2. The average molecular weight is 307 g/mol. The van der Waals surface area contributed by atoms with Crippen LogP contribution >= 0.6 is 0 Å². The van der Waals surface area contributed by atoms with E-state index in [2.05, 4.69) is 22.0 Å². The minimum absolute atomic E-state index is 0.232. The summed E-state index contributed by atoms with van der Waals surface area (Å²) >= 11 is 0. The molecule has 22 heavy (non-hydrogen) atoms. The number of carbonyl (C=O) groups is 1. The molecule has 2 heterocycles. The van der Waals surface area contributed by atoms with Gasteiger partial charge >= 0.3 is 0 Å². The first-order valence-electron chi connectivity index (χ1n) is 9.47. The van der Waals surface area contributed by atoms with Crippen molar-refractivity contribution in [1.29, 1.82) is 0 Å². The fraction of sp³-hybridized carbons (Fsp3) is 0.944.